The molecule has 0 amide bonds. The number of methoxy groups -OCH3 is 4. The summed E-state index contributed by atoms with van der Waals surface area (Å²) in [4.78, 5) is 78.3. The van der Waals surface area contributed by atoms with Crippen LogP contribution < -0.4 is 18.9 Å². The highest BCUT2D eigenvalue weighted by atomic mass is 32.1. The molecule has 11 aromatic heterocycles. The topological polar surface area (TPSA) is 251 Å². The van der Waals surface area contributed by atoms with E-state index in [9.17, 15) is 41.9 Å². The number of hydrogen-bond acceptors (Lipinski definition) is 22. The molecule has 0 radical (unpaired) electrons. The van der Waals surface area contributed by atoms with Crippen LogP contribution >= 0.6 is 56.7 Å². The second kappa shape index (κ2) is 41.0. The molecule has 0 fully saturated rings. The lowest BCUT2D eigenvalue weighted by Crippen LogP contribution is -2.21. The van der Waals surface area contributed by atoms with E-state index in [2.05, 4.69) is 35.0 Å². The highest BCUT2D eigenvalue weighted by Crippen LogP contribution is 2.29. The SMILES string of the molecule is COC(=O)c1ccc(C(=O)n2ccc(/C=C/c3cccs3)n2)cc1.COc1ccc(C(=O)n2ccc(/C=C/c3ccco3)n2)c(OC)c1.COc1ccc(CC(=O)n2ccc(/C=C/c3cccs3)n2)cc1.O=C(c1ccccc1OC(F)(F)F)n1ccc(/C=C/c2cccs2)n1.O=C(c1cccs1)n1ccc(/C=C/c2cccs2)n1. The molecule has 11 heterocycles. The molecule has 580 valence electrons. The molecule has 0 N–H and O–H groups in total. The van der Waals surface area contributed by atoms with Crippen molar-refractivity contribution in [2.24, 2.45) is 0 Å². The molecule has 115 heavy (non-hydrogen) atoms. The first kappa shape index (κ1) is 82.2. The molecule has 15 aromatic rings. The largest absolute Gasteiger partial charge is 0.573 e. The highest BCUT2D eigenvalue weighted by Gasteiger charge is 2.33. The minimum atomic E-state index is -4.88. The number of carbonyl (C=O) groups is 6. The monoisotopic (exact) mass is 1640 g/mol. The van der Waals surface area contributed by atoms with E-state index in [0.717, 1.165) is 48.1 Å². The molecule has 0 saturated carbocycles. The Bertz CT molecular complexity index is 5790. The fourth-order valence-electron chi connectivity index (χ4n) is 10.1. The van der Waals surface area contributed by atoms with Gasteiger partial charge in [0.05, 0.1) is 91.2 Å². The number of alkyl halides is 3. The summed E-state index contributed by atoms with van der Waals surface area (Å²) in [6.07, 6.45) is 23.7. The Balaban J connectivity index is 0.000000142. The van der Waals surface area contributed by atoms with Crippen LogP contribution in [0, 0.1) is 0 Å². The van der Waals surface area contributed by atoms with Gasteiger partial charge in [0.2, 0.25) is 0 Å². The molecule has 4 aromatic carbocycles. The lowest BCUT2D eigenvalue weighted by molar-refractivity contribution is -0.274. The van der Waals surface area contributed by atoms with Gasteiger partial charge in [-0.25, -0.2) is 28.2 Å². The number of benzene rings is 4. The molecular weight excluding hydrogens is 1570 g/mol. The zero-order chi connectivity index (χ0) is 80.9. The van der Waals surface area contributed by atoms with Gasteiger partial charge in [-0.15, -0.1) is 69.9 Å². The number of aromatic nitrogens is 10. The van der Waals surface area contributed by atoms with Crippen molar-refractivity contribution in [1.29, 1.82) is 0 Å². The second-order valence-electron chi connectivity index (χ2n) is 23.5. The summed E-state index contributed by atoms with van der Waals surface area (Å²) in [5.41, 5.74) is 5.35. The van der Waals surface area contributed by atoms with E-state index in [1.54, 1.807) is 182 Å². The molecule has 0 atom stereocenters. The summed E-state index contributed by atoms with van der Waals surface area (Å²) in [6.45, 7) is 0. The predicted octanol–water partition coefficient (Wildman–Crippen LogP) is 19.5. The number of rotatable bonds is 21. The number of carbonyl (C=O) groups excluding carboxylic acids is 6. The van der Waals surface area contributed by atoms with E-state index < -0.39 is 24.0 Å². The number of para-hydroxylation sites is 1. The quantitative estimate of drug-likeness (QED) is 0.0606. The lowest BCUT2D eigenvalue weighted by Gasteiger charge is -2.12. The minimum absolute atomic E-state index is 0.0639. The number of thiophene rings is 5. The van der Waals surface area contributed by atoms with Gasteiger partial charge in [0.25, 0.3) is 29.5 Å². The Labute approximate surface area is 676 Å². The zero-order valence-electron chi connectivity index (χ0n) is 61.4. The normalized spacial score (nSPS) is 11.2. The van der Waals surface area contributed by atoms with Gasteiger partial charge < -0.3 is 28.1 Å². The fraction of sp³-hybridized carbons (Fsp3) is 0.0706. The first-order valence-electron chi connectivity index (χ1n) is 34.4. The second-order valence-corrected chi connectivity index (χ2v) is 28.3. The van der Waals surface area contributed by atoms with Crippen LogP contribution in [0.5, 0.6) is 23.0 Å². The third-order valence-corrected chi connectivity index (χ3v) is 19.9. The Morgan fingerprint density at radius 3 is 1.25 bits per heavy atom. The van der Waals surface area contributed by atoms with Crippen molar-refractivity contribution in [3.63, 3.8) is 0 Å². The van der Waals surface area contributed by atoms with Crippen molar-refractivity contribution in [3.05, 3.63) is 345 Å². The smallest absolute Gasteiger partial charge is 0.497 e. The van der Waals surface area contributed by atoms with E-state index in [4.69, 9.17) is 18.6 Å². The van der Waals surface area contributed by atoms with Crippen LogP contribution in [0.15, 0.2) is 263 Å². The third kappa shape index (κ3) is 24.4. The summed E-state index contributed by atoms with van der Waals surface area (Å²) >= 11 is 7.93. The maximum atomic E-state index is 12.6. The van der Waals surface area contributed by atoms with Crippen molar-refractivity contribution < 1.29 is 70.0 Å². The molecule has 0 spiro atoms. The van der Waals surface area contributed by atoms with Crippen LogP contribution in [0.25, 0.3) is 60.8 Å². The van der Waals surface area contributed by atoms with Gasteiger partial charge in [-0.3, -0.25) is 24.0 Å². The molecule has 0 aliphatic carbocycles. The van der Waals surface area contributed by atoms with E-state index in [-0.39, 0.29) is 29.2 Å². The maximum absolute atomic E-state index is 12.6. The molecular formula is C85H67F3N10O12S5. The van der Waals surface area contributed by atoms with Gasteiger partial charge in [0.15, 0.2) is 0 Å². The van der Waals surface area contributed by atoms with E-state index >= 15 is 0 Å². The van der Waals surface area contributed by atoms with E-state index in [1.807, 2.05) is 166 Å². The number of halogens is 3. The van der Waals surface area contributed by atoms with E-state index in [1.165, 1.54) is 73.6 Å². The van der Waals surface area contributed by atoms with E-state index in [0.29, 0.717) is 62.3 Å². The van der Waals surface area contributed by atoms with Gasteiger partial charge in [0, 0.05) is 62.1 Å². The van der Waals surface area contributed by atoms with Crippen molar-refractivity contribution >= 4 is 153 Å². The average Bonchev–Trinajstić information content (AvgIpc) is 1.82. The molecule has 0 saturated heterocycles. The molecule has 0 unspecified atom stereocenters. The first-order valence-corrected chi connectivity index (χ1v) is 38.8. The number of nitrogens with zero attached hydrogens (tertiary/aromatic N) is 10. The highest BCUT2D eigenvalue weighted by molar-refractivity contribution is 7.12. The first-order chi connectivity index (χ1) is 55.9. The minimum Gasteiger partial charge on any atom is -0.497 e. The van der Waals surface area contributed by atoms with Gasteiger partial charge in [0.1, 0.15) is 28.8 Å². The van der Waals surface area contributed by atoms with Crippen LogP contribution in [-0.2, 0) is 11.2 Å². The summed E-state index contributed by atoms with van der Waals surface area (Å²) in [7, 11) is 6.00. The average molecular weight is 1640 g/mol. The lowest BCUT2D eigenvalue weighted by atomic mass is 10.1. The van der Waals surface area contributed by atoms with Crippen LogP contribution in [-0.4, -0.2) is 119 Å². The van der Waals surface area contributed by atoms with Crippen molar-refractivity contribution in [2.45, 2.75) is 12.8 Å². The van der Waals surface area contributed by atoms with Crippen molar-refractivity contribution in [1.82, 2.24) is 48.9 Å². The number of furan rings is 1. The van der Waals surface area contributed by atoms with Crippen LogP contribution in [0.2, 0.25) is 0 Å². The maximum Gasteiger partial charge on any atom is 0.573 e. The Morgan fingerprint density at radius 2 is 0.817 bits per heavy atom. The van der Waals surface area contributed by atoms with Gasteiger partial charge in [-0.1, -0.05) is 54.6 Å². The van der Waals surface area contributed by atoms with Gasteiger partial charge in [-0.05, 0) is 227 Å². The Morgan fingerprint density at radius 1 is 0.391 bits per heavy atom. The summed E-state index contributed by atoms with van der Waals surface area (Å²) in [5.74, 6) is 0.129. The van der Waals surface area contributed by atoms with Crippen LogP contribution in [0.3, 0.4) is 0 Å². The van der Waals surface area contributed by atoms with Crippen molar-refractivity contribution in [2.75, 3.05) is 28.4 Å². The standard InChI is InChI=1S/C18H16N2O4.C18H14N2O3S.C18H16N2O2S.C17H11F3N2O2S.C14H10N2OS2/c1-22-15-7-8-16(17(12-15)23-2)18(21)20-10-9-13(19-20)5-6-14-4-3-11-24-14;1-23-18(22)14-6-4-13(5-7-14)17(21)20-11-10-15(19-20)8-9-16-3-2-12-24-16;1-22-16-7-4-14(5-8-16)13-18(21)20-11-10-15(19-20)6-9-17-3-2-12-23-17;18-17(19,20)24-15-6-2-1-5-14(15)16(23)22-10-9-12(21-22)7-8-13-4-3-11-25-13;17-14(13-4-2-10-19-13)16-8-7-11(15-16)5-6-12-3-1-9-18-12/h3-12H,1-2H3;2-12H,1H3;2-12H,13H2,1H3;1-11H;1-10H/b6-5+;9-8+;9-6+;8-7+;6-5+. The third-order valence-electron chi connectivity index (χ3n) is 15.7. The summed E-state index contributed by atoms with van der Waals surface area (Å²) < 4.78 is 72.9. The predicted molar refractivity (Wildman–Crippen MR) is 443 cm³/mol. The fourth-order valence-corrected chi connectivity index (χ4v) is 13.2. The van der Waals surface area contributed by atoms with Crippen LogP contribution in [0.1, 0.15) is 115 Å². The van der Waals surface area contributed by atoms with Crippen molar-refractivity contribution in [3.8, 4) is 23.0 Å². The Hall–Kier alpha value is -13.8. The molecule has 0 aliphatic rings. The number of ether oxygens (including phenoxy) is 5. The summed E-state index contributed by atoms with van der Waals surface area (Å²) in [5, 5.41) is 31.0. The molecule has 15 rings (SSSR count). The zero-order valence-corrected chi connectivity index (χ0v) is 65.4. The molecule has 30 heteroatoms. The van der Waals surface area contributed by atoms with Gasteiger partial charge in [-0.2, -0.15) is 25.5 Å². The summed E-state index contributed by atoms with van der Waals surface area (Å²) in [6, 6.07) is 55.9. The molecule has 0 aliphatic heterocycles. The van der Waals surface area contributed by atoms with Crippen LogP contribution in [0.4, 0.5) is 13.2 Å². The van der Waals surface area contributed by atoms with Gasteiger partial charge >= 0.3 is 12.3 Å². The number of esters is 1. The Kier molecular flexibility index (Phi) is 29.3. The molecule has 22 nitrogen and oxygen atoms in total. The number of hydrogen-bond donors (Lipinski definition) is 0. The molecule has 0 bridgehead atoms.